The van der Waals surface area contributed by atoms with Crippen LogP contribution in [0.5, 0.6) is 16.7 Å². The summed E-state index contributed by atoms with van der Waals surface area (Å²) in [6, 6.07) is 14.2. The van der Waals surface area contributed by atoms with Crippen molar-refractivity contribution in [2.45, 2.75) is 24.3 Å². The van der Waals surface area contributed by atoms with Gasteiger partial charge in [0.25, 0.3) is 5.19 Å². The lowest BCUT2D eigenvalue weighted by molar-refractivity contribution is 0.214. The Labute approximate surface area is 168 Å². The number of hydrogen-bond donors (Lipinski definition) is 0. The van der Waals surface area contributed by atoms with Crippen LogP contribution in [0.1, 0.15) is 12.0 Å². The van der Waals surface area contributed by atoms with Gasteiger partial charge in [-0.15, -0.1) is 0 Å². The zero-order valence-corrected chi connectivity index (χ0v) is 16.9. The lowest BCUT2D eigenvalue weighted by atomic mass is 10.2. The van der Waals surface area contributed by atoms with Gasteiger partial charge < -0.3 is 9.47 Å². The molecule has 0 saturated carbocycles. The number of hydrogen-bond acceptors (Lipinski definition) is 6. The number of rotatable bonds is 6. The van der Waals surface area contributed by atoms with Crippen molar-refractivity contribution in [2.75, 3.05) is 13.1 Å². The molecule has 2 aromatic carbocycles. The molecule has 3 aromatic rings. The van der Waals surface area contributed by atoms with Crippen LogP contribution in [-0.2, 0) is 10.0 Å². The third kappa shape index (κ3) is 4.19. The van der Waals surface area contributed by atoms with Gasteiger partial charge in [0.05, 0.1) is 11.4 Å². The number of benzene rings is 2. The van der Waals surface area contributed by atoms with E-state index in [1.807, 2.05) is 36.6 Å². The Morgan fingerprint density at radius 2 is 1.96 bits per heavy atom. The van der Waals surface area contributed by atoms with Gasteiger partial charge in [0, 0.05) is 18.1 Å². The van der Waals surface area contributed by atoms with Crippen molar-refractivity contribution in [1.29, 1.82) is 0 Å². The van der Waals surface area contributed by atoms with E-state index >= 15 is 0 Å². The van der Waals surface area contributed by atoms with Gasteiger partial charge >= 0.3 is 0 Å². The van der Waals surface area contributed by atoms with Crippen LogP contribution >= 0.6 is 11.3 Å². The first kappa shape index (κ1) is 18.9. The molecule has 1 aliphatic heterocycles. The molecule has 0 aliphatic carbocycles. The fraction of sp³-hybridized carbons (Fsp3) is 0.250. The lowest BCUT2D eigenvalue weighted by Gasteiger charge is -2.17. The van der Waals surface area contributed by atoms with Crippen LogP contribution in [0.2, 0.25) is 0 Å². The summed E-state index contributed by atoms with van der Waals surface area (Å²) in [5.41, 5.74) is 1.10. The summed E-state index contributed by atoms with van der Waals surface area (Å²) in [5.74, 6) is 1.31. The van der Waals surface area contributed by atoms with Crippen LogP contribution in [-0.4, -0.2) is 36.9 Å². The van der Waals surface area contributed by atoms with Gasteiger partial charge in [-0.1, -0.05) is 23.5 Å². The molecule has 1 aromatic heterocycles. The van der Waals surface area contributed by atoms with Crippen molar-refractivity contribution >= 4 is 21.4 Å². The molecule has 4 rings (SSSR count). The molecule has 1 unspecified atom stereocenters. The van der Waals surface area contributed by atoms with Crippen molar-refractivity contribution in [3.05, 3.63) is 65.7 Å². The van der Waals surface area contributed by atoms with Crippen LogP contribution in [0.15, 0.2) is 65.0 Å². The fourth-order valence-corrected chi connectivity index (χ4v) is 5.10. The number of aromatic nitrogens is 1. The number of aryl methyl sites for hydroxylation is 1. The van der Waals surface area contributed by atoms with E-state index in [2.05, 4.69) is 4.98 Å². The van der Waals surface area contributed by atoms with E-state index in [0.29, 0.717) is 30.5 Å². The summed E-state index contributed by atoms with van der Waals surface area (Å²) in [6.07, 6.45) is 2.14. The molecule has 146 valence electrons. The summed E-state index contributed by atoms with van der Waals surface area (Å²) < 4.78 is 38.8. The predicted octanol–water partition coefficient (Wildman–Crippen LogP) is 4.09. The average molecular weight is 417 g/mol. The summed E-state index contributed by atoms with van der Waals surface area (Å²) in [7, 11) is -3.57. The first-order valence-electron chi connectivity index (χ1n) is 8.91. The Kier molecular flexibility index (Phi) is 5.34. The second-order valence-electron chi connectivity index (χ2n) is 6.58. The summed E-state index contributed by atoms with van der Waals surface area (Å²) in [5, 5.41) is 2.40. The molecule has 28 heavy (non-hydrogen) atoms. The summed E-state index contributed by atoms with van der Waals surface area (Å²) >= 11 is 1.40. The molecule has 2 heterocycles. The summed E-state index contributed by atoms with van der Waals surface area (Å²) in [6.45, 7) is 2.74. The van der Waals surface area contributed by atoms with Gasteiger partial charge in [-0.25, -0.2) is 13.4 Å². The molecule has 8 heteroatoms. The van der Waals surface area contributed by atoms with Crippen molar-refractivity contribution in [2.24, 2.45) is 0 Å². The Balaban J connectivity index is 1.43. The molecule has 0 N–H and O–H groups in total. The molecule has 6 nitrogen and oxygen atoms in total. The van der Waals surface area contributed by atoms with E-state index in [4.69, 9.17) is 9.47 Å². The smallest absolute Gasteiger partial charge is 0.273 e. The molecule has 1 atom stereocenters. The largest absolute Gasteiger partial charge is 0.465 e. The molecule has 1 fully saturated rings. The second kappa shape index (κ2) is 7.90. The number of thiazole rings is 1. The molecule has 0 radical (unpaired) electrons. The van der Waals surface area contributed by atoms with Gasteiger partial charge in [0.1, 0.15) is 17.6 Å². The Morgan fingerprint density at radius 1 is 1.14 bits per heavy atom. The van der Waals surface area contributed by atoms with Gasteiger partial charge in [0.2, 0.25) is 10.0 Å². The van der Waals surface area contributed by atoms with Crippen molar-refractivity contribution in [3.8, 4) is 16.7 Å². The SMILES string of the molecule is Cc1cccc(Oc2ccc(S(=O)(=O)N3CCC(Oc4nccs4)C3)cc2)c1. The van der Waals surface area contributed by atoms with Gasteiger partial charge in [-0.05, 0) is 55.3 Å². The highest BCUT2D eigenvalue weighted by molar-refractivity contribution is 7.89. The molecule has 0 amide bonds. The zero-order valence-electron chi connectivity index (χ0n) is 15.3. The maximum absolute atomic E-state index is 12.9. The van der Waals surface area contributed by atoms with Crippen LogP contribution in [0.3, 0.4) is 0 Å². The van der Waals surface area contributed by atoms with E-state index in [-0.39, 0.29) is 11.0 Å². The quantitative estimate of drug-likeness (QED) is 0.605. The first-order chi connectivity index (χ1) is 13.5. The van der Waals surface area contributed by atoms with Gasteiger partial charge in [-0.2, -0.15) is 4.31 Å². The lowest BCUT2D eigenvalue weighted by Crippen LogP contribution is -2.31. The number of sulfonamides is 1. The molecule has 0 spiro atoms. The zero-order chi connectivity index (χ0) is 19.6. The van der Waals surface area contributed by atoms with E-state index in [0.717, 1.165) is 11.3 Å². The van der Waals surface area contributed by atoms with Crippen LogP contribution in [0.4, 0.5) is 0 Å². The Hall–Kier alpha value is -2.42. The number of nitrogens with zero attached hydrogens (tertiary/aromatic N) is 2. The minimum atomic E-state index is -3.57. The first-order valence-corrected chi connectivity index (χ1v) is 11.2. The average Bonchev–Trinajstić information content (AvgIpc) is 3.35. The highest BCUT2D eigenvalue weighted by atomic mass is 32.2. The normalized spacial score (nSPS) is 17.5. The molecule has 0 bridgehead atoms. The standard InChI is InChI=1S/C20H20N2O4S2/c1-15-3-2-4-17(13-15)25-16-5-7-19(8-6-16)28(23,24)22-11-9-18(14-22)26-20-21-10-12-27-20/h2-8,10,12-13,18H,9,11,14H2,1H3. The van der Waals surface area contributed by atoms with E-state index in [1.165, 1.54) is 15.6 Å². The minimum absolute atomic E-state index is 0.176. The van der Waals surface area contributed by atoms with Gasteiger partial charge in [-0.3, -0.25) is 0 Å². The van der Waals surface area contributed by atoms with E-state index in [9.17, 15) is 8.42 Å². The van der Waals surface area contributed by atoms with Crippen LogP contribution in [0, 0.1) is 6.92 Å². The topological polar surface area (TPSA) is 68.7 Å². The Bertz CT molecular complexity index is 1030. The van der Waals surface area contributed by atoms with E-state index in [1.54, 1.807) is 30.5 Å². The summed E-state index contributed by atoms with van der Waals surface area (Å²) in [4.78, 5) is 4.34. The highest BCUT2D eigenvalue weighted by Gasteiger charge is 2.34. The third-order valence-corrected chi connectivity index (χ3v) is 7.01. The number of ether oxygens (including phenoxy) is 2. The Morgan fingerprint density at radius 3 is 2.68 bits per heavy atom. The molecule has 1 aliphatic rings. The molecular weight excluding hydrogens is 396 g/mol. The predicted molar refractivity (Wildman–Crippen MR) is 108 cm³/mol. The third-order valence-electron chi connectivity index (χ3n) is 4.47. The van der Waals surface area contributed by atoms with Crippen molar-refractivity contribution in [3.63, 3.8) is 0 Å². The van der Waals surface area contributed by atoms with Crippen molar-refractivity contribution in [1.82, 2.24) is 9.29 Å². The maximum Gasteiger partial charge on any atom is 0.273 e. The minimum Gasteiger partial charge on any atom is -0.465 e. The van der Waals surface area contributed by atoms with Crippen LogP contribution in [0.25, 0.3) is 0 Å². The fourth-order valence-electron chi connectivity index (χ4n) is 3.07. The highest BCUT2D eigenvalue weighted by Crippen LogP contribution is 2.27. The second-order valence-corrected chi connectivity index (χ2v) is 9.37. The van der Waals surface area contributed by atoms with Gasteiger partial charge in [0.15, 0.2) is 0 Å². The maximum atomic E-state index is 12.9. The van der Waals surface area contributed by atoms with E-state index < -0.39 is 10.0 Å². The molecule has 1 saturated heterocycles. The van der Waals surface area contributed by atoms with Crippen LogP contribution < -0.4 is 9.47 Å². The molecular formula is C20H20N2O4S2. The van der Waals surface area contributed by atoms with Crippen molar-refractivity contribution < 1.29 is 17.9 Å². The monoisotopic (exact) mass is 416 g/mol.